The zero-order valence-electron chi connectivity index (χ0n) is 12.0. The number of nitrogens with zero attached hydrogens (tertiary/aromatic N) is 3. The van der Waals surface area contributed by atoms with Crippen molar-refractivity contribution in [1.29, 1.82) is 0 Å². The van der Waals surface area contributed by atoms with Gasteiger partial charge in [-0.25, -0.2) is 4.68 Å². The van der Waals surface area contributed by atoms with Gasteiger partial charge in [-0.1, -0.05) is 41.6 Å². The van der Waals surface area contributed by atoms with Crippen LogP contribution in [0.1, 0.15) is 29.1 Å². The molecule has 1 heterocycles. The van der Waals surface area contributed by atoms with E-state index in [9.17, 15) is 0 Å². The van der Waals surface area contributed by atoms with E-state index in [4.69, 9.17) is 10.6 Å². The van der Waals surface area contributed by atoms with Gasteiger partial charge in [0, 0.05) is 18.8 Å². The molecule has 0 aliphatic heterocycles. The van der Waals surface area contributed by atoms with Crippen LogP contribution in [0.3, 0.4) is 0 Å². The van der Waals surface area contributed by atoms with E-state index < -0.39 is 0 Å². The number of thioether (sulfide) groups is 1. The number of methoxy groups -OCH3 is 1. The number of nitrogens with two attached hydrogens (primary N) is 1. The van der Waals surface area contributed by atoms with Crippen molar-refractivity contribution in [3.8, 4) is 0 Å². The Balaban J connectivity index is 2.08. The third kappa shape index (κ3) is 3.52. The highest BCUT2D eigenvalue weighted by atomic mass is 32.2. The van der Waals surface area contributed by atoms with Gasteiger partial charge in [0.05, 0.1) is 6.61 Å². The van der Waals surface area contributed by atoms with Gasteiger partial charge in [0.2, 0.25) is 5.16 Å². The lowest BCUT2D eigenvalue weighted by molar-refractivity contribution is 0.200. The van der Waals surface area contributed by atoms with Crippen LogP contribution < -0.4 is 5.84 Å². The van der Waals surface area contributed by atoms with Crippen LogP contribution in [0.2, 0.25) is 0 Å². The van der Waals surface area contributed by atoms with Gasteiger partial charge in [-0.3, -0.25) is 0 Å². The minimum atomic E-state index is 0.275. The summed E-state index contributed by atoms with van der Waals surface area (Å²) in [5.41, 5.74) is 2.52. The molecule has 1 aromatic carbocycles. The molecule has 20 heavy (non-hydrogen) atoms. The molecule has 0 fully saturated rings. The lowest BCUT2D eigenvalue weighted by Crippen LogP contribution is -2.15. The SMILES string of the molecule is COCCc1nnc(SC(C)c2cccc(C)c2)n1N. The van der Waals surface area contributed by atoms with Gasteiger partial charge in [0.25, 0.3) is 0 Å². The molecule has 0 amide bonds. The zero-order chi connectivity index (χ0) is 14.5. The first kappa shape index (κ1) is 14.9. The van der Waals surface area contributed by atoms with Crippen LogP contribution in [0.4, 0.5) is 0 Å². The van der Waals surface area contributed by atoms with Crippen LogP contribution in [-0.2, 0) is 11.2 Å². The monoisotopic (exact) mass is 292 g/mol. The Morgan fingerprint density at radius 1 is 1.40 bits per heavy atom. The van der Waals surface area contributed by atoms with Crippen LogP contribution in [0.15, 0.2) is 29.4 Å². The average molecular weight is 292 g/mol. The first-order chi connectivity index (χ1) is 9.61. The van der Waals surface area contributed by atoms with Crippen LogP contribution in [0, 0.1) is 6.92 Å². The van der Waals surface area contributed by atoms with E-state index in [1.165, 1.54) is 11.1 Å². The van der Waals surface area contributed by atoms with Gasteiger partial charge in [-0.15, -0.1) is 10.2 Å². The highest BCUT2D eigenvalue weighted by Gasteiger charge is 2.15. The third-order valence-corrected chi connectivity index (χ3v) is 4.17. The molecule has 0 bridgehead atoms. The minimum Gasteiger partial charge on any atom is -0.384 e. The largest absolute Gasteiger partial charge is 0.384 e. The summed E-state index contributed by atoms with van der Waals surface area (Å²) in [4.78, 5) is 0. The Morgan fingerprint density at radius 3 is 2.90 bits per heavy atom. The fourth-order valence-corrected chi connectivity index (χ4v) is 2.81. The Morgan fingerprint density at radius 2 is 2.20 bits per heavy atom. The van der Waals surface area contributed by atoms with E-state index in [1.54, 1.807) is 23.5 Å². The maximum atomic E-state index is 6.02. The highest BCUT2D eigenvalue weighted by Crippen LogP contribution is 2.33. The number of aryl methyl sites for hydroxylation is 1. The summed E-state index contributed by atoms with van der Waals surface area (Å²) in [7, 11) is 1.66. The Hall–Kier alpha value is -1.53. The second-order valence-electron chi connectivity index (χ2n) is 4.69. The molecule has 0 aliphatic rings. The smallest absolute Gasteiger partial charge is 0.210 e. The molecule has 2 rings (SSSR count). The summed E-state index contributed by atoms with van der Waals surface area (Å²) in [6.07, 6.45) is 0.666. The molecular formula is C14H20N4OS. The topological polar surface area (TPSA) is 66.0 Å². The predicted octanol–water partition coefficient (Wildman–Crippen LogP) is 2.34. The quantitative estimate of drug-likeness (QED) is 0.654. The summed E-state index contributed by atoms with van der Waals surface area (Å²) in [5, 5.41) is 9.26. The second kappa shape index (κ2) is 6.76. The first-order valence-electron chi connectivity index (χ1n) is 6.53. The van der Waals surface area contributed by atoms with Crippen LogP contribution in [-0.4, -0.2) is 28.6 Å². The molecule has 0 aliphatic carbocycles. The van der Waals surface area contributed by atoms with Crippen molar-refractivity contribution in [2.24, 2.45) is 0 Å². The summed E-state index contributed by atoms with van der Waals surface area (Å²) < 4.78 is 6.58. The second-order valence-corrected chi connectivity index (χ2v) is 5.99. The van der Waals surface area contributed by atoms with Gasteiger partial charge >= 0.3 is 0 Å². The summed E-state index contributed by atoms with van der Waals surface area (Å²) in [6.45, 7) is 4.82. The summed E-state index contributed by atoms with van der Waals surface area (Å²) >= 11 is 1.61. The standard InChI is InChI=1S/C14H20N4OS/c1-10-5-4-6-12(9-10)11(2)20-14-17-16-13(18(14)15)7-8-19-3/h4-6,9,11H,7-8,15H2,1-3H3. The normalized spacial score (nSPS) is 12.6. The van der Waals surface area contributed by atoms with Gasteiger partial charge < -0.3 is 10.6 Å². The van der Waals surface area contributed by atoms with Crippen molar-refractivity contribution >= 4 is 11.8 Å². The molecular weight excluding hydrogens is 272 g/mol. The van der Waals surface area contributed by atoms with Crippen molar-refractivity contribution in [3.63, 3.8) is 0 Å². The van der Waals surface area contributed by atoms with E-state index in [0.29, 0.717) is 13.0 Å². The predicted molar refractivity (Wildman–Crippen MR) is 81.2 cm³/mol. The van der Waals surface area contributed by atoms with Gasteiger partial charge in [-0.05, 0) is 19.4 Å². The van der Waals surface area contributed by atoms with E-state index in [2.05, 4.69) is 48.3 Å². The van der Waals surface area contributed by atoms with E-state index >= 15 is 0 Å². The Kier molecular flexibility index (Phi) is 5.03. The molecule has 108 valence electrons. The lowest BCUT2D eigenvalue weighted by Gasteiger charge is -2.11. The van der Waals surface area contributed by atoms with Crippen molar-refractivity contribution in [2.75, 3.05) is 19.6 Å². The van der Waals surface area contributed by atoms with Crippen LogP contribution >= 0.6 is 11.8 Å². The molecule has 5 nitrogen and oxygen atoms in total. The highest BCUT2D eigenvalue weighted by molar-refractivity contribution is 7.99. The first-order valence-corrected chi connectivity index (χ1v) is 7.41. The minimum absolute atomic E-state index is 0.275. The lowest BCUT2D eigenvalue weighted by atomic mass is 10.1. The summed E-state index contributed by atoms with van der Waals surface area (Å²) in [6, 6.07) is 8.46. The number of nitrogen functional groups attached to an aromatic ring is 1. The van der Waals surface area contributed by atoms with E-state index in [1.807, 2.05) is 0 Å². The van der Waals surface area contributed by atoms with Crippen molar-refractivity contribution in [2.45, 2.75) is 30.7 Å². The van der Waals surface area contributed by atoms with Gasteiger partial charge in [0.15, 0.2) is 5.82 Å². The number of ether oxygens (including phenoxy) is 1. The van der Waals surface area contributed by atoms with Gasteiger partial charge in [0.1, 0.15) is 0 Å². The molecule has 2 N–H and O–H groups in total. The number of hydrogen-bond donors (Lipinski definition) is 1. The van der Waals surface area contributed by atoms with Gasteiger partial charge in [-0.2, -0.15) is 0 Å². The molecule has 1 unspecified atom stereocenters. The van der Waals surface area contributed by atoms with Crippen molar-refractivity contribution in [1.82, 2.24) is 14.9 Å². The van der Waals surface area contributed by atoms with Crippen LogP contribution in [0.5, 0.6) is 0 Å². The average Bonchev–Trinajstić information content (AvgIpc) is 2.77. The van der Waals surface area contributed by atoms with Crippen molar-refractivity contribution in [3.05, 3.63) is 41.2 Å². The van der Waals surface area contributed by atoms with Crippen molar-refractivity contribution < 1.29 is 4.74 Å². The molecule has 6 heteroatoms. The molecule has 0 spiro atoms. The number of aromatic nitrogens is 3. The summed E-state index contributed by atoms with van der Waals surface area (Å²) in [5.74, 6) is 6.76. The molecule has 0 radical (unpaired) electrons. The fraction of sp³-hybridized carbons (Fsp3) is 0.429. The maximum absolute atomic E-state index is 6.02. The number of hydrogen-bond acceptors (Lipinski definition) is 5. The van der Waals surface area contributed by atoms with Crippen LogP contribution in [0.25, 0.3) is 0 Å². The molecule has 2 aromatic rings. The Bertz CT molecular complexity index is 570. The fourth-order valence-electron chi connectivity index (χ4n) is 1.90. The van der Waals surface area contributed by atoms with E-state index in [-0.39, 0.29) is 5.25 Å². The Labute approximate surface area is 123 Å². The number of benzene rings is 1. The van der Waals surface area contributed by atoms with E-state index in [0.717, 1.165) is 11.0 Å². The number of rotatable bonds is 6. The zero-order valence-corrected chi connectivity index (χ0v) is 12.9. The molecule has 0 saturated carbocycles. The molecule has 0 saturated heterocycles. The molecule has 1 aromatic heterocycles. The maximum Gasteiger partial charge on any atom is 0.210 e. The molecule has 1 atom stereocenters. The third-order valence-electron chi connectivity index (χ3n) is 3.06.